The van der Waals surface area contributed by atoms with Gasteiger partial charge in [-0.05, 0) is 25.7 Å². The first-order valence-corrected chi connectivity index (χ1v) is 9.02. The first kappa shape index (κ1) is 17.4. The molecule has 0 bridgehead atoms. The van der Waals surface area contributed by atoms with Crippen LogP contribution in [0.2, 0.25) is 0 Å². The average Bonchev–Trinajstić information content (AvgIpc) is 2.54. The number of carbonyl (C=O) groups excluding carboxylic acids is 1. The number of amides is 1. The van der Waals surface area contributed by atoms with E-state index in [1.54, 1.807) is 0 Å². The topological polar surface area (TPSA) is 55.6 Å². The third-order valence-electron chi connectivity index (χ3n) is 5.29. The Bertz CT molecular complexity index is 362. The molecule has 6 heteroatoms. The summed E-state index contributed by atoms with van der Waals surface area (Å²) in [5, 5.41) is 0.663. The van der Waals surface area contributed by atoms with E-state index in [4.69, 9.17) is 10.5 Å². The predicted molar refractivity (Wildman–Crippen MR) is 89.0 cm³/mol. The zero-order valence-corrected chi connectivity index (χ0v) is 14.2. The second kappa shape index (κ2) is 7.53. The molecule has 0 aromatic carbocycles. The van der Waals surface area contributed by atoms with E-state index in [9.17, 15) is 4.79 Å². The minimum Gasteiger partial charge on any atom is -0.381 e. The van der Waals surface area contributed by atoms with Gasteiger partial charge in [-0.25, -0.2) is 0 Å². The maximum Gasteiger partial charge on any atom is 0.230 e. The van der Waals surface area contributed by atoms with Crippen LogP contribution < -0.4 is 5.73 Å². The summed E-state index contributed by atoms with van der Waals surface area (Å²) < 4.78 is 5.44. The van der Waals surface area contributed by atoms with E-state index in [-0.39, 0.29) is 17.8 Å². The van der Waals surface area contributed by atoms with E-state index in [1.807, 2.05) is 0 Å². The summed E-state index contributed by atoms with van der Waals surface area (Å²) in [6, 6.07) is 0.460. The maximum atomic E-state index is 13.1. The minimum absolute atomic E-state index is 0. The largest absolute Gasteiger partial charge is 0.381 e. The van der Waals surface area contributed by atoms with E-state index >= 15 is 0 Å². The fourth-order valence-corrected chi connectivity index (χ4v) is 5.36. The molecule has 2 atom stereocenters. The van der Waals surface area contributed by atoms with E-state index in [0.29, 0.717) is 37.0 Å². The molecule has 0 radical (unpaired) electrons. The number of fused-ring (bicyclic) bond motifs is 1. The van der Waals surface area contributed by atoms with Crippen LogP contribution in [0.25, 0.3) is 0 Å². The van der Waals surface area contributed by atoms with Crippen LogP contribution in [0.5, 0.6) is 0 Å². The number of ether oxygens (including phenoxy) is 1. The summed E-state index contributed by atoms with van der Waals surface area (Å²) in [5.41, 5.74) is 5.66. The quantitative estimate of drug-likeness (QED) is 0.839. The molecule has 3 aliphatic rings. The number of nitrogens with two attached hydrogens (primary N) is 1. The molecule has 2 aliphatic heterocycles. The van der Waals surface area contributed by atoms with Crippen molar-refractivity contribution in [3.8, 4) is 0 Å². The molecule has 3 rings (SSSR count). The molecule has 4 nitrogen and oxygen atoms in total. The van der Waals surface area contributed by atoms with Gasteiger partial charge in [-0.1, -0.05) is 12.8 Å². The fraction of sp³-hybridized carbons (Fsp3) is 0.933. The Hall–Kier alpha value is 0.0300. The van der Waals surface area contributed by atoms with Gasteiger partial charge in [0.15, 0.2) is 0 Å². The third kappa shape index (κ3) is 3.36. The Morgan fingerprint density at radius 2 is 2.00 bits per heavy atom. The lowest BCUT2D eigenvalue weighted by Crippen LogP contribution is -2.58. The number of hydrogen-bond acceptors (Lipinski definition) is 4. The van der Waals surface area contributed by atoms with Crippen molar-refractivity contribution in [2.75, 3.05) is 32.1 Å². The lowest BCUT2D eigenvalue weighted by Gasteiger charge is -2.48. The second-order valence-corrected chi connectivity index (χ2v) is 7.70. The highest BCUT2D eigenvalue weighted by atomic mass is 35.5. The molecule has 1 aliphatic carbocycles. The molecular formula is C15H27ClN2O2S. The number of thioether (sulfide) groups is 1. The molecule has 21 heavy (non-hydrogen) atoms. The number of nitrogens with zero attached hydrogens (tertiary/aromatic N) is 1. The number of hydrogen-bond donors (Lipinski definition) is 1. The third-order valence-corrected chi connectivity index (χ3v) is 6.68. The Morgan fingerprint density at radius 3 is 2.71 bits per heavy atom. The number of carbonyl (C=O) groups is 1. The van der Waals surface area contributed by atoms with E-state index in [2.05, 4.69) is 16.7 Å². The normalized spacial score (nSPS) is 32.0. The second-order valence-electron chi connectivity index (χ2n) is 6.36. The van der Waals surface area contributed by atoms with Crippen molar-refractivity contribution in [2.45, 2.75) is 49.8 Å². The van der Waals surface area contributed by atoms with Crippen molar-refractivity contribution >= 4 is 30.1 Å². The first-order chi connectivity index (χ1) is 9.77. The van der Waals surface area contributed by atoms with Gasteiger partial charge in [0, 0.05) is 43.3 Å². The smallest absolute Gasteiger partial charge is 0.230 e. The monoisotopic (exact) mass is 334 g/mol. The van der Waals surface area contributed by atoms with Crippen LogP contribution >= 0.6 is 24.2 Å². The molecule has 1 saturated carbocycles. The van der Waals surface area contributed by atoms with E-state index in [1.165, 1.54) is 25.7 Å². The zero-order chi connectivity index (χ0) is 14.0. The molecule has 0 aromatic rings. The average molecular weight is 335 g/mol. The summed E-state index contributed by atoms with van der Waals surface area (Å²) in [5.74, 6) is 1.41. The first-order valence-electron chi connectivity index (χ1n) is 7.97. The summed E-state index contributed by atoms with van der Waals surface area (Å²) >= 11 is 2.07. The number of rotatable bonds is 2. The highest BCUT2D eigenvalue weighted by Crippen LogP contribution is 2.39. The summed E-state index contributed by atoms with van der Waals surface area (Å²) in [4.78, 5) is 15.3. The molecule has 1 amide bonds. The summed E-state index contributed by atoms with van der Waals surface area (Å²) in [7, 11) is 0. The lowest BCUT2D eigenvalue weighted by molar-refractivity contribution is -0.150. The molecular weight excluding hydrogens is 308 g/mol. The van der Waals surface area contributed by atoms with Crippen LogP contribution in [0.15, 0.2) is 0 Å². The molecule has 0 aromatic heterocycles. The fourth-order valence-electron chi connectivity index (χ4n) is 3.92. The van der Waals surface area contributed by atoms with E-state index in [0.717, 1.165) is 25.1 Å². The summed E-state index contributed by atoms with van der Waals surface area (Å²) in [6.45, 7) is 2.74. The molecule has 3 fully saturated rings. The Morgan fingerprint density at radius 1 is 1.29 bits per heavy atom. The van der Waals surface area contributed by atoms with Gasteiger partial charge in [-0.15, -0.1) is 12.4 Å². The van der Waals surface area contributed by atoms with Gasteiger partial charge in [0.1, 0.15) is 0 Å². The summed E-state index contributed by atoms with van der Waals surface area (Å²) in [6.07, 6.45) is 6.64. The Balaban J connectivity index is 0.00000161. The number of halogens is 1. The molecule has 2 heterocycles. The van der Waals surface area contributed by atoms with Gasteiger partial charge >= 0.3 is 0 Å². The highest BCUT2D eigenvalue weighted by molar-refractivity contribution is 8.00. The molecule has 122 valence electrons. The van der Waals surface area contributed by atoms with Crippen LogP contribution in [0, 0.1) is 5.41 Å². The molecule has 2 N–H and O–H groups in total. The zero-order valence-electron chi connectivity index (χ0n) is 12.6. The van der Waals surface area contributed by atoms with Crippen molar-refractivity contribution in [2.24, 2.45) is 11.1 Å². The Labute approximate surface area is 137 Å². The van der Waals surface area contributed by atoms with Crippen LogP contribution in [-0.2, 0) is 9.53 Å². The van der Waals surface area contributed by atoms with Gasteiger partial charge in [0.2, 0.25) is 5.91 Å². The van der Waals surface area contributed by atoms with Crippen LogP contribution in [0.3, 0.4) is 0 Å². The molecule has 2 unspecified atom stereocenters. The molecule has 2 saturated heterocycles. The van der Waals surface area contributed by atoms with Crippen molar-refractivity contribution in [1.29, 1.82) is 0 Å². The van der Waals surface area contributed by atoms with Gasteiger partial charge < -0.3 is 15.4 Å². The van der Waals surface area contributed by atoms with Crippen molar-refractivity contribution in [3.05, 3.63) is 0 Å². The standard InChI is InChI=1S/C15H26N2O2S.ClH/c16-11-15(5-8-19-9-6-15)14(18)17-7-10-20-13-4-2-1-3-12(13)17;/h12-13H,1-11,16H2;1H. The maximum absolute atomic E-state index is 13.1. The van der Waals surface area contributed by atoms with Gasteiger partial charge in [0.25, 0.3) is 0 Å². The van der Waals surface area contributed by atoms with Crippen molar-refractivity contribution in [1.82, 2.24) is 4.90 Å². The SMILES string of the molecule is Cl.NCC1(C(=O)N2CCSC3CCCCC32)CCOCC1. The van der Waals surface area contributed by atoms with Gasteiger partial charge in [-0.2, -0.15) is 11.8 Å². The highest BCUT2D eigenvalue weighted by Gasteiger charge is 2.45. The van der Waals surface area contributed by atoms with Gasteiger partial charge in [0.05, 0.1) is 5.41 Å². The molecule has 0 spiro atoms. The van der Waals surface area contributed by atoms with Crippen molar-refractivity contribution in [3.63, 3.8) is 0 Å². The van der Waals surface area contributed by atoms with E-state index < -0.39 is 0 Å². The van der Waals surface area contributed by atoms with Crippen molar-refractivity contribution < 1.29 is 9.53 Å². The Kier molecular flexibility index (Phi) is 6.24. The lowest BCUT2D eigenvalue weighted by atomic mass is 9.78. The predicted octanol–water partition coefficient (Wildman–Crippen LogP) is 2.05. The minimum atomic E-state index is -0.345. The van der Waals surface area contributed by atoms with Crippen LogP contribution in [0.1, 0.15) is 38.5 Å². The van der Waals surface area contributed by atoms with Gasteiger partial charge in [-0.3, -0.25) is 4.79 Å². The van der Waals surface area contributed by atoms with Crippen LogP contribution in [0.4, 0.5) is 0 Å². The van der Waals surface area contributed by atoms with Crippen LogP contribution in [-0.4, -0.2) is 54.2 Å².